The molecule has 29 heavy (non-hydrogen) atoms. The molecule has 3 rings (SSSR count). The van der Waals surface area contributed by atoms with Crippen LogP contribution in [0.4, 0.5) is 0 Å². The normalized spacial score (nSPS) is 11.9. The number of aromatic nitrogens is 2. The number of thioether (sulfide) groups is 1. The predicted molar refractivity (Wildman–Crippen MR) is 113 cm³/mol. The quantitative estimate of drug-likeness (QED) is 0.512. The summed E-state index contributed by atoms with van der Waals surface area (Å²) in [5.41, 5.74) is 3.14. The lowest BCUT2D eigenvalue weighted by Crippen LogP contribution is -2.28. The van der Waals surface area contributed by atoms with Crippen molar-refractivity contribution in [1.82, 2.24) is 15.5 Å². The minimum absolute atomic E-state index is 0.121. The molecule has 152 valence electrons. The molecule has 1 aromatic heterocycles. The Morgan fingerprint density at radius 3 is 2.72 bits per heavy atom. The van der Waals surface area contributed by atoms with Crippen molar-refractivity contribution in [3.8, 4) is 5.75 Å². The van der Waals surface area contributed by atoms with Crippen LogP contribution in [0, 0.1) is 13.8 Å². The largest absolute Gasteiger partial charge is 0.484 e. The molecule has 0 radical (unpaired) electrons. The van der Waals surface area contributed by atoms with Crippen molar-refractivity contribution in [2.75, 3.05) is 5.75 Å². The first kappa shape index (κ1) is 21.2. The predicted octanol–water partition coefficient (Wildman–Crippen LogP) is 4.89. The zero-order chi connectivity index (χ0) is 20.8. The highest BCUT2D eigenvalue weighted by Gasteiger charge is 2.13. The lowest BCUT2D eigenvalue weighted by molar-refractivity contribution is -0.119. The van der Waals surface area contributed by atoms with Crippen LogP contribution in [0.2, 0.25) is 5.02 Å². The number of ether oxygens (including phenoxy) is 1. The first-order valence-corrected chi connectivity index (χ1v) is 10.5. The minimum atomic E-state index is -0.121. The van der Waals surface area contributed by atoms with Crippen molar-refractivity contribution in [3.63, 3.8) is 0 Å². The molecule has 6 nitrogen and oxygen atoms in total. The summed E-state index contributed by atoms with van der Waals surface area (Å²) >= 11 is 7.08. The van der Waals surface area contributed by atoms with Crippen molar-refractivity contribution in [2.24, 2.45) is 0 Å². The molecule has 0 bridgehead atoms. The fourth-order valence-electron chi connectivity index (χ4n) is 2.60. The molecule has 1 unspecified atom stereocenters. The molecule has 1 N–H and O–H groups in total. The number of carbonyl (C=O) groups is 1. The molecule has 0 aliphatic rings. The molecule has 0 aliphatic heterocycles. The lowest BCUT2D eigenvalue weighted by Gasteiger charge is -2.13. The third-order valence-corrected chi connectivity index (χ3v) is 5.29. The van der Waals surface area contributed by atoms with Gasteiger partial charge in [-0.3, -0.25) is 4.79 Å². The molecule has 0 aliphatic carbocycles. The summed E-state index contributed by atoms with van der Waals surface area (Å²) in [7, 11) is 0. The molecule has 1 atom stereocenters. The van der Waals surface area contributed by atoms with Crippen molar-refractivity contribution in [2.45, 2.75) is 38.6 Å². The highest BCUT2D eigenvalue weighted by Crippen LogP contribution is 2.22. The second-order valence-corrected chi connectivity index (χ2v) is 8.01. The maximum Gasteiger partial charge on any atom is 0.277 e. The molecular weight excluding hydrogens is 410 g/mol. The van der Waals surface area contributed by atoms with E-state index in [1.807, 2.05) is 51.1 Å². The minimum Gasteiger partial charge on any atom is -0.484 e. The van der Waals surface area contributed by atoms with E-state index in [1.165, 1.54) is 11.8 Å². The monoisotopic (exact) mass is 431 g/mol. The van der Waals surface area contributed by atoms with Gasteiger partial charge in [0.2, 0.25) is 5.91 Å². The van der Waals surface area contributed by atoms with Crippen LogP contribution in [-0.4, -0.2) is 21.9 Å². The lowest BCUT2D eigenvalue weighted by atomic mass is 10.1. The van der Waals surface area contributed by atoms with E-state index in [-0.39, 0.29) is 24.3 Å². The standard InChI is InChI=1S/C21H22ClN3O3S/c1-13-4-5-14(2)18(10-13)27-11-20-24-25-21(28-20)29-12-19(26)23-15(3)16-6-8-17(22)9-7-16/h4-10,15H,11-12H2,1-3H3,(H,23,26). The van der Waals surface area contributed by atoms with Crippen LogP contribution < -0.4 is 10.1 Å². The third-order valence-electron chi connectivity index (χ3n) is 4.22. The number of halogens is 1. The highest BCUT2D eigenvalue weighted by molar-refractivity contribution is 7.99. The van der Waals surface area contributed by atoms with E-state index in [0.29, 0.717) is 16.1 Å². The SMILES string of the molecule is Cc1ccc(C)c(OCc2nnc(SCC(=O)NC(C)c3ccc(Cl)cc3)o2)c1. The van der Waals surface area contributed by atoms with Crippen molar-refractivity contribution >= 4 is 29.3 Å². The third kappa shape index (κ3) is 6.24. The van der Waals surface area contributed by atoms with Gasteiger partial charge in [-0.2, -0.15) is 0 Å². The van der Waals surface area contributed by atoms with Crippen molar-refractivity contribution < 1.29 is 13.9 Å². The van der Waals surface area contributed by atoms with Gasteiger partial charge in [-0.25, -0.2) is 0 Å². The zero-order valence-corrected chi connectivity index (χ0v) is 18.0. The molecule has 0 spiro atoms. The molecular formula is C21H22ClN3O3S. The van der Waals surface area contributed by atoms with E-state index in [9.17, 15) is 4.79 Å². The van der Waals surface area contributed by atoms with Gasteiger partial charge in [-0.1, -0.05) is 47.6 Å². The summed E-state index contributed by atoms with van der Waals surface area (Å²) in [6.07, 6.45) is 0. The maximum atomic E-state index is 12.2. The Kier molecular flexibility index (Phi) is 7.17. The number of aryl methyl sites for hydroxylation is 2. The number of nitrogens with zero attached hydrogens (tertiary/aromatic N) is 2. The van der Waals surface area contributed by atoms with Crippen molar-refractivity contribution in [1.29, 1.82) is 0 Å². The first-order chi connectivity index (χ1) is 13.9. The van der Waals surface area contributed by atoms with Crippen LogP contribution in [0.3, 0.4) is 0 Å². The fraction of sp³-hybridized carbons (Fsp3) is 0.286. The van der Waals surface area contributed by atoms with Crippen molar-refractivity contribution in [3.05, 3.63) is 70.1 Å². The van der Waals surface area contributed by atoms with E-state index in [1.54, 1.807) is 12.1 Å². The van der Waals surface area contributed by atoms with Crippen LogP contribution in [-0.2, 0) is 11.4 Å². The van der Waals surface area contributed by atoms with E-state index in [4.69, 9.17) is 20.8 Å². The van der Waals surface area contributed by atoms with Crippen LogP contribution in [0.25, 0.3) is 0 Å². The smallest absolute Gasteiger partial charge is 0.277 e. The maximum absolute atomic E-state index is 12.2. The Labute approximate surface area is 179 Å². The Morgan fingerprint density at radius 2 is 1.97 bits per heavy atom. The van der Waals surface area contributed by atoms with Gasteiger partial charge in [0.15, 0.2) is 6.61 Å². The summed E-state index contributed by atoms with van der Waals surface area (Å²) in [6, 6.07) is 13.3. The van der Waals surface area contributed by atoms with Crippen LogP contribution in [0.15, 0.2) is 52.1 Å². The highest BCUT2D eigenvalue weighted by atomic mass is 35.5. The second-order valence-electron chi connectivity index (χ2n) is 6.65. The molecule has 8 heteroatoms. The average Bonchev–Trinajstić information content (AvgIpc) is 3.15. The summed E-state index contributed by atoms with van der Waals surface area (Å²) in [5, 5.41) is 11.9. The van der Waals surface area contributed by atoms with Gasteiger partial charge in [-0.05, 0) is 55.7 Å². The van der Waals surface area contributed by atoms with Gasteiger partial charge in [0.05, 0.1) is 11.8 Å². The first-order valence-electron chi connectivity index (χ1n) is 9.11. The summed E-state index contributed by atoms with van der Waals surface area (Å²) in [4.78, 5) is 12.2. The number of hydrogen-bond donors (Lipinski definition) is 1. The van der Waals surface area contributed by atoms with Gasteiger partial charge in [0, 0.05) is 5.02 Å². The number of benzene rings is 2. The number of hydrogen-bond acceptors (Lipinski definition) is 6. The van der Waals surface area contributed by atoms with Gasteiger partial charge in [0.25, 0.3) is 11.1 Å². The average molecular weight is 432 g/mol. The summed E-state index contributed by atoms with van der Waals surface area (Å²) < 4.78 is 11.3. The van der Waals surface area contributed by atoms with Crippen LogP contribution in [0.1, 0.15) is 35.5 Å². The molecule has 0 saturated carbocycles. The molecule has 0 saturated heterocycles. The topological polar surface area (TPSA) is 77.2 Å². The Balaban J connectivity index is 1.46. The fourth-order valence-corrected chi connectivity index (χ4v) is 3.32. The van der Waals surface area contributed by atoms with E-state index < -0.39 is 0 Å². The molecule has 3 aromatic rings. The molecule has 2 aromatic carbocycles. The molecule has 1 amide bonds. The zero-order valence-electron chi connectivity index (χ0n) is 16.4. The van der Waals surface area contributed by atoms with Gasteiger partial charge in [-0.15, -0.1) is 10.2 Å². The number of rotatable bonds is 8. The molecule has 0 fully saturated rings. The number of amides is 1. The Morgan fingerprint density at radius 1 is 1.21 bits per heavy atom. The Hall–Kier alpha value is -2.51. The Bertz CT molecular complexity index is 976. The van der Waals surface area contributed by atoms with Crippen LogP contribution in [0.5, 0.6) is 5.75 Å². The van der Waals surface area contributed by atoms with E-state index in [0.717, 1.165) is 22.4 Å². The van der Waals surface area contributed by atoms with E-state index in [2.05, 4.69) is 15.5 Å². The van der Waals surface area contributed by atoms with Crippen LogP contribution >= 0.6 is 23.4 Å². The van der Waals surface area contributed by atoms with Gasteiger partial charge in [0.1, 0.15) is 5.75 Å². The van der Waals surface area contributed by atoms with E-state index >= 15 is 0 Å². The van der Waals surface area contributed by atoms with Gasteiger partial charge >= 0.3 is 0 Å². The number of carbonyl (C=O) groups excluding carboxylic acids is 1. The summed E-state index contributed by atoms with van der Waals surface area (Å²) in [5.74, 6) is 1.21. The second kappa shape index (κ2) is 9.80. The molecule has 1 heterocycles. The van der Waals surface area contributed by atoms with Gasteiger partial charge < -0.3 is 14.5 Å². The summed E-state index contributed by atoms with van der Waals surface area (Å²) in [6.45, 7) is 6.08. The number of nitrogens with one attached hydrogen (secondary N) is 1.